The number of carbonyl (C=O) groups is 1. The molecule has 0 atom stereocenters. The number of carbonyl (C=O) groups excluding carboxylic acids is 1. The number of nitro groups is 1. The molecule has 1 aliphatic rings. The Morgan fingerprint density at radius 1 is 1.27 bits per heavy atom. The van der Waals surface area contributed by atoms with E-state index in [1.807, 2.05) is 25.8 Å². The number of nitrogens with one attached hydrogen (secondary N) is 1. The number of hydrogen-bond donors (Lipinski definition) is 1. The second-order valence-electron chi connectivity index (χ2n) is 6.37. The van der Waals surface area contributed by atoms with Crippen molar-refractivity contribution in [3.8, 4) is 0 Å². The molecule has 1 aromatic carbocycles. The molecule has 1 N–H and O–H groups in total. The highest BCUT2D eigenvalue weighted by Gasteiger charge is 2.24. The molecule has 0 aliphatic carbocycles. The van der Waals surface area contributed by atoms with Crippen LogP contribution in [-0.2, 0) is 0 Å². The van der Waals surface area contributed by atoms with Gasteiger partial charge < -0.3 is 9.80 Å². The molecule has 1 aromatic heterocycles. The van der Waals surface area contributed by atoms with E-state index in [0.29, 0.717) is 10.8 Å². The number of rotatable bonds is 4. The van der Waals surface area contributed by atoms with Crippen LogP contribution >= 0.6 is 11.3 Å². The number of amides is 1. The van der Waals surface area contributed by atoms with E-state index in [1.54, 1.807) is 12.1 Å². The number of hydrogen-bond acceptors (Lipinski definition) is 7. The van der Waals surface area contributed by atoms with Crippen molar-refractivity contribution in [2.24, 2.45) is 0 Å². The van der Waals surface area contributed by atoms with E-state index in [2.05, 4.69) is 15.2 Å². The fourth-order valence-electron chi connectivity index (χ4n) is 2.82. The third-order valence-electron chi connectivity index (χ3n) is 4.53. The van der Waals surface area contributed by atoms with Crippen molar-refractivity contribution in [1.82, 2.24) is 9.88 Å². The van der Waals surface area contributed by atoms with Crippen LogP contribution in [-0.4, -0.2) is 53.9 Å². The van der Waals surface area contributed by atoms with E-state index in [0.717, 1.165) is 36.8 Å². The van der Waals surface area contributed by atoms with Crippen molar-refractivity contribution in [2.45, 2.75) is 13.8 Å². The summed E-state index contributed by atoms with van der Waals surface area (Å²) in [5, 5.41) is 14.7. The first-order valence-corrected chi connectivity index (χ1v) is 9.14. The molecule has 0 unspecified atom stereocenters. The first-order valence-electron chi connectivity index (χ1n) is 8.32. The van der Waals surface area contributed by atoms with Gasteiger partial charge in [0.05, 0.1) is 10.6 Å². The fraction of sp³-hybridized carbons (Fsp3) is 0.412. The second kappa shape index (κ2) is 7.38. The Labute approximate surface area is 155 Å². The molecule has 26 heavy (non-hydrogen) atoms. The number of aryl methyl sites for hydroxylation is 2. The average molecular weight is 375 g/mol. The maximum Gasteiger partial charge on any atom is 0.293 e. The zero-order valence-electron chi connectivity index (χ0n) is 15.0. The number of anilines is 2. The summed E-state index contributed by atoms with van der Waals surface area (Å²) < 4.78 is 0. The van der Waals surface area contributed by atoms with Crippen LogP contribution < -0.4 is 10.2 Å². The first-order chi connectivity index (χ1) is 12.3. The highest BCUT2D eigenvalue weighted by atomic mass is 32.1. The number of aromatic nitrogens is 1. The molecule has 1 saturated heterocycles. The van der Waals surface area contributed by atoms with Crippen molar-refractivity contribution in [1.29, 1.82) is 0 Å². The molecule has 0 spiro atoms. The third-order valence-corrected chi connectivity index (χ3v) is 5.52. The number of nitrogens with zero attached hydrogens (tertiary/aromatic N) is 4. The van der Waals surface area contributed by atoms with Crippen LogP contribution in [0.2, 0.25) is 0 Å². The lowest BCUT2D eigenvalue weighted by Gasteiger charge is -2.33. The number of piperazine rings is 1. The van der Waals surface area contributed by atoms with Crippen molar-refractivity contribution in [3.05, 3.63) is 44.4 Å². The van der Waals surface area contributed by atoms with Crippen LogP contribution in [0.3, 0.4) is 0 Å². The van der Waals surface area contributed by atoms with Gasteiger partial charge in [0.1, 0.15) is 5.69 Å². The molecule has 2 heterocycles. The van der Waals surface area contributed by atoms with E-state index in [9.17, 15) is 14.9 Å². The number of nitro benzene ring substituents is 1. The van der Waals surface area contributed by atoms with Gasteiger partial charge in [-0.25, -0.2) is 4.98 Å². The van der Waals surface area contributed by atoms with Crippen molar-refractivity contribution >= 4 is 33.8 Å². The molecule has 1 aliphatic heterocycles. The lowest BCUT2D eigenvalue weighted by atomic mass is 10.1. The molecule has 138 valence electrons. The molecule has 1 amide bonds. The van der Waals surface area contributed by atoms with Crippen LogP contribution in [0.1, 0.15) is 20.9 Å². The van der Waals surface area contributed by atoms with Gasteiger partial charge in [-0.05, 0) is 33.0 Å². The topological polar surface area (TPSA) is 91.6 Å². The van der Waals surface area contributed by atoms with Gasteiger partial charge in [-0.2, -0.15) is 0 Å². The molecule has 9 heteroatoms. The summed E-state index contributed by atoms with van der Waals surface area (Å²) in [4.78, 5) is 33.0. The Morgan fingerprint density at radius 2 is 1.96 bits per heavy atom. The van der Waals surface area contributed by atoms with Crippen LogP contribution in [0.15, 0.2) is 18.2 Å². The van der Waals surface area contributed by atoms with Crippen LogP contribution in [0, 0.1) is 24.0 Å². The lowest BCUT2D eigenvalue weighted by molar-refractivity contribution is -0.384. The van der Waals surface area contributed by atoms with Gasteiger partial charge in [0.25, 0.3) is 11.6 Å². The lowest BCUT2D eigenvalue weighted by Crippen LogP contribution is -2.44. The maximum atomic E-state index is 12.5. The van der Waals surface area contributed by atoms with Gasteiger partial charge in [-0.3, -0.25) is 20.2 Å². The Kier molecular flexibility index (Phi) is 5.19. The Hall–Kier alpha value is -2.52. The minimum atomic E-state index is -0.428. The second-order valence-corrected chi connectivity index (χ2v) is 7.57. The normalized spacial score (nSPS) is 15.1. The molecule has 0 radical (unpaired) electrons. The van der Waals surface area contributed by atoms with Crippen LogP contribution in [0.4, 0.5) is 16.5 Å². The number of benzene rings is 1. The standard InChI is InChI=1S/C17H21N5O3S/c1-11-12(2)26-17(18-11)19-16(23)13-4-5-14(15(10-13)22(24)25)21-8-6-20(3)7-9-21/h4-5,10H,6-9H2,1-3H3,(H,18,19,23). The Bertz CT molecular complexity index is 823. The van der Waals surface area contributed by atoms with Gasteiger partial charge >= 0.3 is 0 Å². The Balaban J connectivity index is 1.83. The molecule has 8 nitrogen and oxygen atoms in total. The van der Waals surface area contributed by atoms with Crippen LogP contribution in [0.5, 0.6) is 0 Å². The summed E-state index contributed by atoms with van der Waals surface area (Å²) >= 11 is 1.38. The van der Waals surface area contributed by atoms with Gasteiger partial charge in [-0.1, -0.05) is 0 Å². The highest BCUT2D eigenvalue weighted by molar-refractivity contribution is 7.15. The first kappa shape index (κ1) is 18.3. The van der Waals surface area contributed by atoms with E-state index in [-0.39, 0.29) is 11.3 Å². The minimum absolute atomic E-state index is 0.0475. The van der Waals surface area contributed by atoms with E-state index in [1.165, 1.54) is 17.4 Å². The van der Waals surface area contributed by atoms with Crippen LogP contribution in [0.25, 0.3) is 0 Å². The summed E-state index contributed by atoms with van der Waals surface area (Å²) in [5.74, 6) is -0.397. The van der Waals surface area contributed by atoms with Gasteiger partial charge in [0.15, 0.2) is 5.13 Å². The van der Waals surface area contributed by atoms with Crippen molar-refractivity contribution < 1.29 is 9.72 Å². The van der Waals surface area contributed by atoms with E-state index < -0.39 is 10.8 Å². The molecule has 3 rings (SSSR count). The third kappa shape index (κ3) is 3.83. The zero-order chi connectivity index (χ0) is 18.8. The zero-order valence-corrected chi connectivity index (χ0v) is 15.8. The van der Waals surface area contributed by atoms with Gasteiger partial charge in [0, 0.05) is 42.7 Å². The predicted octanol–water partition coefficient (Wildman–Crippen LogP) is 2.67. The van der Waals surface area contributed by atoms with Crippen molar-refractivity contribution in [3.63, 3.8) is 0 Å². The molecule has 0 bridgehead atoms. The number of thiazole rings is 1. The summed E-state index contributed by atoms with van der Waals surface area (Å²) in [6.45, 7) is 6.95. The predicted molar refractivity (Wildman–Crippen MR) is 102 cm³/mol. The summed E-state index contributed by atoms with van der Waals surface area (Å²) in [6.07, 6.45) is 0. The summed E-state index contributed by atoms with van der Waals surface area (Å²) in [5.41, 5.74) is 1.62. The highest BCUT2D eigenvalue weighted by Crippen LogP contribution is 2.30. The molecular weight excluding hydrogens is 354 g/mol. The van der Waals surface area contributed by atoms with Gasteiger partial charge in [-0.15, -0.1) is 11.3 Å². The monoisotopic (exact) mass is 375 g/mol. The molecule has 2 aromatic rings. The SMILES string of the molecule is Cc1nc(NC(=O)c2ccc(N3CCN(C)CC3)c([N+](=O)[O-])c2)sc1C. The van der Waals surface area contributed by atoms with E-state index in [4.69, 9.17) is 0 Å². The average Bonchev–Trinajstić information content (AvgIpc) is 2.92. The largest absolute Gasteiger partial charge is 0.363 e. The molecule has 1 fully saturated rings. The summed E-state index contributed by atoms with van der Waals surface area (Å²) in [7, 11) is 2.03. The maximum absolute atomic E-state index is 12.5. The number of likely N-dealkylation sites (N-methyl/N-ethyl adjacent to an activating group) is 1. The molecule has 0 saturated carbocycles. The molecular formula is C17H21N5O3S. The quantitative estimate of drug-likeness (QED) is 0.652. The smallest absolute Gasteiger partial charge is 0.293 e. The summed E-state index contributed by atoms with van der Waals surface area (Å²) in [6, 6.07) is 4.64. The minimum Gasteiger partial charge on any atom is -0.363 e. The van der Waals surface area contributed by atoms with E-state index >= 15 is 0 Å². The Morgan fingerprint density at radius 3 is 2.54 bits per heavy atom. The van der Waals surface area contributed by atoms with Crippen molar-refractivity contribution in [2.75, 3.05) is 43.4 Å². The van der Waals surface area contributed by atoms with Gasteiger partial charge in [0.2, 0.25) is 0 Å². The fourth-order valence-corrected chi connectivity index (χ4v) is 3.63.